The minimum atomic E-state index is -0.199. The fourth-order valence-corrected chi connectivity index (χ4v) is 1.84. The first-order chi connectivity index (χ1) is 7.93. The summed E-state index contributed by atoms with van der Waals surface area (Å²) in [5.41, 5.74) is 1.08. The van der Waals surface area contributed by atoms with E-state index >= 15 is 0 Å². The Bertz CT molecular complexity index is 572. The summed E-state index contributed by atoms with van der Waals surface area (Å²) in [6.07, 6.45) is 5.03. The maximum atomic E-state index is 5.43. The number of nitrogens with zero attached hydrogens (tertiary/aromatic N) is 1. The van der Waals surface area contributed by atoms with Crippen molar-refractivity contribution in [1.29, 1.82) is 0 Å². The lowest BCUT2D eigenvalue weighted by Gasteiger charge is -2.15. The van der Waals surface area contributed by atoms with E-state index in [4.69, 9.17) is 4.74 Å². The fourth-order valence-electron chi connectivity index (χ4n) is 1.84. The first kappa shape index (κ1) is 9.16. The number of aliphatic imine (C=N–C) groups is 1. The molecule has 0 N–H and O–H groups in total. The van der Waals surface area contributed by atoms with Crippen molar-refractivity contribution < 1.29 is 4.74 Å². The van der Waals surface area contributed by atoms with Crippen LogP contribution in [-0.4, -0.2) is 6.21 Å². The molecular weight excluding hydrogens is 198 g/mol. The van der Waals surface area contributed by atoms with E-state index in [1.165, 1.54) is 10.8 Å². The Kier molecular flexibility index (Phi) is 2.18. The molecule has 2 aromatic rings. The second kappa shape index (κ2) is 3.81. The average molecular weight is 209 g/mol. The van der Waals surface area contributed by atoms with Crippen LogP contribution in [0.1, 0.15) is 11.8 Å². The van der Waals surface area contributed by atoms with Gasteiger partial charge in [0.05, 0.1) is 6.26 Å². The van der Waals surface area contributed by atoms with Gasteiger partial charge in [-0.1, -0.05) is 36.4 Å². The molecule has 1 aliphatic heterocycles. The Morgan fingerprint density at radius 1 is 1.00 bits per heavy atom. The number of rotatable bonds is 1. The fraction of sp³-hybridized carbons (Fsp3) is 0.0714. The van der Waals surface area contributed by atoms with Gasteiger partial charge in [-0.3, -0.25) is 0 Å². The summed E-state index contributed by atoms with van der Waals surface area (Å²) >= 11 is 0. The first-order valence-electron chi connectivity index (χ1n) is 5.26. The minimum Gasteiger partial charge on any atom is -0.472 e. The molecule has 1 heterocycles. The molecule has 0 fully saturated rings. The standard InChI is InChI=1S/C14H11NO/c1-2-5-12-10-13(7-6-11(12)4-1)14-15-8-3-9-16-14/h1-10,14H. The van der Waals surface area contributed by atoms with Crippen molar-refractivity contribution in [2.24, 2.45) is 4.99 Å². The Morgan fingerprint density at radius 2 is 1.88 bits per heavy atom. The number of hydrogen-bond acceptors (Lipinski definition) is 2. The van der Waals surface area contributed by atoms with Crippen LogP contribution in [0.5, 0.6) is 0 Å². The highest BCUT2D eigenvalue weighted by Crippen LogP contribution is 2.24. The van der Waals surface area contributed by atoms with Crippen LogP contribution in [0.3, 0.4) is 0 Å². The Morgan fingerprint density at radius 3 is 2.69 bits per heavy atom. The molecule has 0 radical (unpaired) electrons. The molecule has 0 spiro atoms. The van der Waals surface area contributed by atoms with Crippen LogP contribution >= 0.6 is 0 Å². The number of fused-ring (bicyclic) bond motifs is 1. The number of allylic oxidation sites excluding steroid dienone is 1. The Balaban J connectivity index is 2.05. The van der Waals surface area contributed by atoms with Gasteiger partial charge in [0.25, 0.3) is 0 Å². The van der Waals surface area contributed by atoms with E-state index in [1.54, 1.807) is 18.6 Å². The third-order valence-electron chi connectivity index (χ3n) is 2.65. The normalized spacial score (nSPS) is 18.6. The summed E-state index contributed by atoms with van der Waals surface area (Å²) in [5, 5.41) is 2.45. The van der Waals surface area contributed by atoms with E-state index in [2.05, 4.69) is 35.3 Å². The summed E-state index contributed by atoms with van der Waals surface area (Å²) < 4.78 is 5.43. The predicted octanol–water partition coefficient (Wildman–Crippen LogP) is 3.45. The predicted molar refractivity (Wildman–Crippen MR) is 65.4 cm³/mol. The van der Waals surface area contributed by atoms with Crippen molar-refractivity contribution in [3.8, 4) is 0 Å². The number of ether oxygens (including phenoxy) is 1. The molecule has 1 unspecified atom stereocenters. The smallest absolute Gasteiger partial charge is 0.214 e. The summed E-state index contributed by atoms with van der Waals surface area (Å²) in [6.45, 7) is 0. The topological polar surface area (TPSA) is 21.6 Å². The number of benzene rings is 2. The van der Waals surface area contributed by atoms with Gasteiger partial charge in [0, 0.05) is 11.8 Å². The highest BCUT2D eigenvalue weighted by molar-refractivity contribution is 5.83. The van der Waals surface area contributed by atoms with E-state index in [1.807, 2.05) is 12.1 Å². The van der Waals surface area contributed by atoms with E-state index in [9.17, 15) is 0 Å². The first-order valence-corrected chi connectivity index (χ1v) is 5.26. The maximum Gasteiger partial charge on any atom is 0.214 e. The molecule has 78 valence electrons. The second-order valence-electron chi connectivity index (χ2n) is 3.72. The molecule has 1 aliphatic rings. The van der Waals surface area contributed by atoms with Crippen molar-refractivity contribution in [1.82, 2.24) is 0 Å². The van der Waals surface area contributed by atoms with Gasteiger partial charge in [-0.15, -0.1) is 0 Å². The lowest BCUT2D eigenvalue weighted by atomic mass is 10.1. The molecule has 3 rings (SSSR count). The Hall–Kier alpha value is -2.09. The quantitative estimate of drug-likeness (QED) is 0.704. The molecule has 0 aromatic heterocycles. The van der Waals surface area contributed by atoms with E-state index in [0.29, 0.717) is 0 Å². The summed E-state index contributed by atoms with van der Waals surface area (Å²) in [6, 6.07) is 14.6. The van der Waals surface area contributed by atoms with Crippen LogP contribution in [0.4, 0.5) is 0 Å². The monoisotopic (exact) mass is 209 g/mol. The highest BCUT2D eigenvalue weighted by Gasteiger charge is 2.10. The number of hydrogen-bond donors (Lipinski definition) is 0. The maximum absolute atomic E-state index is 5.43. The van der Waals surface area contributed by atoms with E-state index in [0.717, 1.165) is 5.56 Å². The van der Waals surface area contributed by atoms with Gasteiger partial charge < -0.3 is 4.74 Å². The molecule has 0 aliphatic carbocycles. The van der Waals surface area contributed by atoms with Crippen molar-refractivity contribution in [2.45, 2.75) is 6.23 Å². The summed E-state index contributed by atoms with van der Waals surface area (Å²) in [7, 11) is 0. The molecule has 16 heavy (non-hydrogen) atoms. The van der Waals surface area contributed by atoms with Crippen molar-refractivity contribution in [3.05, 3.63) is 60.4 Å². The molecule has 0 saturated carbocycles. The van der Waals surface area contributed by atoms with Crippen LogP contribution in [0.15, 0.2) is 59.8 Å². The minimum absolute atomic E-state index is 0.199. The third kappa shape index (κ3) is 1.58. The zero-order chi connectivity index (χ0) is 10.8. The van der Waals surface area contributed by atoms with Crippen molar-refractivity contribution in [3.63, 3.8) is 0 Å². The van der Waals surface area contributed by atoms with E-state index < -0.39 is 0 Å². The molecule has 0 bridgehead atoms. The molecule has 2 aromatic carbocycles. The molecular formula is C14H11NO. The zero-order valence-corrected chi connectivity index (χ0v) is 8.71. The van der Waals surface area contributed by atoms with Gasteiger partial charge in [0.2, 0.25) is 6.23 Å². The van der Waals surface area contributed by atoms with Crippen LogP contribution in [0.2, 0.25) is 0 Å². The molecule has 2 heteroatoms. The third-order valence-corrected chi connectivity index (χ3v) is 2.65. The lowest BCUT2D eigenvalue weighted by Crippen LogP contribution is -2.00. The lowest BCUT2D eigenvalue weighted by molar-refractivity contribution is 0.152. The van der Waals surface area contributed by atoms with Crippen LogP contribution in [0.25, 0.3) is 10.8 Å². The molecule has 0 amide bonds. The molecule has 1 atom stereocenters. The Labute approximate surface area is 93.9 Å². The second-order valence-corrected chi connectivity index (χ2v) is 3.72. The van der Waals surface area contributed by atoms with Gasteiger partial charge in [-0.05, 0) is 22.9 Å². The van der Waals surface area contributed by atoms with Crippen LogP contribution in [-0.2, 0) is 4.74 Å². The molecule has 0 saturated heterocycles. The largest absolute Gasteiger partial charge is 0.472 e. The van der Waals surface area contributed by atoms with Crippen LogP contribution in [0, 0.1) is 0 Å². The molecule has 2 nitrogen and oxygen atoms in total. The highest BCUT2D eigenvalue weighted by atomic mass is 16.5. The summed E-state index contributed by atoms with van der Waals surface area (Å²) in [4.78, 5) is 4.27. The van der Waals surface area contributed by atoms with Crippen LogP contribution < -0.4 is 0 Å². The van der Waals surface area contributed by atoms with Gasteiger partial charge in [0.15, 0.2) is 0 Å². The van der Waals surface area contributed by atoms with Gasteiger partial charge >= 0.3 is 0 Å². The van der Waals surface area contributed by atoms with Gasteiger partial charge in [0.1, 0.15) is 0 Å². The zero-order valence-electron chi connectivity index (χ0n) is 8.71. The van der Waals surface area contributed by atoms with Crippen molar-refractivity contribution in [2.75, 3.05) is 0 Å². The SMILES string of the molecule is C1=COC(c2ccc3ccccc3c2)N=C1. The van der Waals surface area contributed by atoms with Crippen molar-refractivity contribution >= 4 is 17.0 Å². The average Bonchev–Trinajstić information content (AvgIpc) is 2.39. The van der Waals surface area contributed by atoms with E-state index in [-0.39, 0.29) is 6.23 Å². The summed E-state index contributed by atoms with van der Waals surface area (Å²) in [5.74, 6) is 0. The van der Waals surface area contributed by atoms with Gasteiger partial charge in [-0.25, -0.2) is 4.99 Å². The van der Waals surface area contributed by atoms with Gasteiger partial charge in [-0.2, -0.15) is 0 Å².